The minimum atomic E-state index is 0.581. The average molecular weight is 289 g/mol. The number of ether oxygens (including phenoxy) is 2. The third-order valence-electron chi connectivity index (χ3n) is 3.17. The predicted molar refractivity (Wildman–Crippen MR) is 82.7 cm³/mol. The van der Waals surface area contributed by atoms with Crippen LogP contribution in [0.15, 0.2) is 36.7 Å². The Balaban J connectivity index is 1.84. The molecular formula is C16H23N3O2. The van der Waals surface area contributed by atoms with Gasteiger partial charge in [0.05, 0.1) is 20.2 Å². The van der Waals surface area contributed by atoms with Crippen molar-refractivity contribution in [3.8, 4) is 11.5 Å². The maximum absolute atomic E-state index is 5.79. The van der Waals surface area contributed by atoms with E-state index in [0.29, 0.717) is 6.61 Å². The lowest BCUT2D eigenvalue weighted by molar-refractivity contribution is 0.278. The van der Waals surface area contributed by atoms with Crippen molar-refractivity contribution in [3.05, 3.63) is 42.5 Å². The molecule has 0 saturated carbocycles. The number of imidazole rings is 1. The molecule has 2 aromatic rings. The lowest BCUT2D eigenvalue weighted by atomic mass is 10.3. The first-order valence-electron chi connectivity index (χ1n) is 7.31. The molecule has 5 nitrogen and oxygen atoms in total. The molecule has 0 bridgehead atoms. The van der Waals surface area contributed by atoms with Gasteiger partial charge in [-0.2, -0.15) is 0 Å². The number of benzene rings is 1. The number of hydrogen-bond acceptors (Lipinski definition) is 4. The van der Waals surface area contributed by atoms with Gasteiger partial charge in [0.1, 0.15) is 12.4 Å². The Labute approximate surface area is 125 Å². The van der Waals surface area contributed by atoms with E-state index in [4.69, 9.17) is 9.47 Å². The fourth-order valence-corrected chi connectivity index (χ4v) is 2.08. The zero-order chi connectivity index (χ0) is 14.9. The predicted octanol–water partition coefficient (Wildman–Crippen LogP) is 2.47. The number of methoxy groups -OCH3 is 1. The summed E-state index contributed by atoms with van der Waals surface area (Å²) >= 11 is 0. The number of hydrogen-bond donors (Lipinski definition) is 1. The van der Waals surface area contributed by atoms with E-state index in [1.165, 1.54) is 0 Å². The summed E-state index contributed by atoms with van der Waals surface area (Å²) in [4.78, 5) is 4.37. The van der Waals surface area contributed by atoms with E-state index in [-0.39, 0.29) is 0 Å². The second kappa shape index (κ2) is 8.32. The Morgan fingerprint density at radius 2 is 2.05 bits per heavy atom. The van der Waals surface area contributed by atoms with E-state index in [9.17, 15) is 0 Å². The highest BCUT2D eigenvalue weighted by molar-refractivity contribution is 5.39. The fourth-order valence-electron chi connectivity index (χ4n) is 2.08. The number of para-hydroxylation sites is 2. The molecule has 1 aromatic carbocycles. The molecule has 0 amide bonds. The molecule has 0 unspecified atom stereocenters. The van der Waals surface area contributed by atoms with Gasteiger partial charge in [-0.25, -0.2) is 4.98 Å². The van der Waals surface area contributed by atoms with Gasteiger partial charge in [0.25, 0.3) is 0 Å². The molecule has 0 aliphatic heterocycles. The maximum atomic E-state index is 5.79. The van der Waals surface area contributed by atoms with Crippen LogP contribution in [0.3, 0.4) is 0 Å². The lowest BCUT2D eigenvalue weighted by Crippen LogP contribution is -2.19. The Bertz CT molecular complexity index is 540. The van der Waals surface area contributed by atoms with Crippen LogP contribution in [0.4, 0.5) is 0 Å². The second-order valence-corrected chi connectivity index (χ2v) is 4.71. The normalized spacial score (nSPS) is 10.6. The van der Waals surface area contributed by atoms with E-state index < -0.39 is 0 Å². The molecule has 0 spiro atoms. The first-order valence-corrected chi connectivity index (χ1v) is 7.31. The summed E-state index contributed by atoms with van der Waals surface area (Å²) in [6.45, 7) is 5.29. The van der Waals surface area contributed by atoms with Crippen molar-refractivity contribution >= 4 is 0 Å². The minimum Gasteiger partial charge on any atom is -0.493 e. The summed E-state index contributed by atoms with van der Waals surface area (Å²) in [6.07, 6.45) is 4.93. The number of aromatic nitrogens is 2. The van der Waals surface area contributed by atoms with Crippen molar-refractivity contribution in [1.82, 2.24) is 14.9 Å². The highest BCUT2D eigenvalue weighted by atomic mass is 16.5. The van der Waals surface area contributed by atoms with Gasteiger partial charge >= 0.3 is 0 Å². The molecule has 0 radical (unpaired) electrons. The molecule has 21 heavy (non-hydrogen) atoms. The zero-order valence-electron chi connectivity index (χ0n) is 12.7. The van der Waals surface area contributed by atoms with Gasteiger partial charge in [-0.1, -0.05) is 19.1 Å². The van der Waals surface area contributed by atoms with Crippen LogP contribution in [-0.2, 0) is 13.1 Å². The van der Waals surface area contributed by atoms with E-state index in [1.807, 2.05) is 36.7 Å². The highest BCUT2D eigenvalue weighted by Crippen LogP contribution is 2.25. The quantitative estimate of drug-likeness (QED) is 0.720. The molecule has 0 fully saturated rings. The van der Waals surface area contributed by atoms with Crippen LogP contribution in [0, 0.1) is 0 Å². The topological polar surface area (TPSA) is 48.3 Å². The van der Waals surface area contributed by atoms with E-state index in [0.717, 1.165) is 43.4 Å². The lowest BCUT2D eigenvalue weighted by Gasteiger charge is -2.12. The summed E-state index contributed by atoms with van der Waals surface area (Å²) in [6, 6.07) is 7.68. The summed E-state index contributed by atoms with van der Waals surface area (Å²) < 4.78 is 13.2. The Morgan fingerprint density at radius 1 is 1.24 bits per heavy atom. The SMILES string of the molecule is CCCNCc1nccn1CCOc1ccccc1OC. The molecule has 2 rings (SSSR count). The smallest absolute Gasteiger partial charge is 0.161 e. The number of nitrogens with zero attached hydrogens (tertiary/aromatic N) is 2. The maximum Gasteiger partial charge on any atom is 0.161 e. The molecule has 1 N–H and O–H groups in total. The molecule has 1 aromatic heterocycles. The van der Waals surface area contributed by atoms with E-state index in [1.54, 1.807) is 7.11 Å². The van der Waals surface area contributed by atoms with Crippen LogP contribution < -0.4 is 14.8 Å². The van der Waals surface area contributed by atoms with Crippen molar-refractivity contribution in [2.24, 2.45) is 0 Å². The largest absolute Gasteiger partial charge is 0.493 e. The van der Waals surface area contributed by atoms with Crippen LogP contribution in [-0.4, -0.2) is 29.8 Å². The van der Waals surface area contributed by atoms with Gasteiger partial charge in [-0.3, -0.25) is 0 Å². The van der Waals surface area contributed by atoms with Crippen LogP contribution >= 0.6 is 0 Å². The summed E-state index contributed by atoms with van der Waals surface area (Å²) in [5.74, 6) is 2.56. The van der Waals surface area contributed by atoms with Gasteiger partial charge in [0, 0.05) is 12.4 Å². The molecule has 1 heterocycles. The van der Waals surface area contributed by atoms with Gasteiger partial charge in [-0.05, 0) is 25.1 Å². The van der Waals surface area contributed by atoms with Crippen molar-refractivity contribution in [3.63, 3.8) is 0 Å². The first kappa shape index (κ1) is 15.4. The second-order valence-electron chi connectivity index (χ2n) is 4.71. The van der Waals surface area contributed by atoms with Gasteiger partial charge in [-0.15, -0.1) is 0 Å². The molecule has 0 atom stereocenters. The van der Waals surface area contributed by atoms with Crippen LogP contribution in [0.25, 0.3) is 0 Å². The standard InChI is InChI=1S/C16H23N3O2/c1-3-8-17-13-16-18-9-10-19(16)11-12-21-15-7-5-4-6-14(15)20-2/h4-7,9-10,17H,3,8,11-13H2,1-2H3. The van der Waals surface area contributed by atoms with Crippen LogP contribution in [0.1, 0.15) is 19.2 Å². The third-order valence-corrected chi connectivity index (χ3v) is 3.17. The van der Waals surface area contributed by atoms with E-state index in [2.05, 4.69) is 21.8 Å². The third kappa shape index (κ3) is 4.49. The van der Waals surface area contributed by atoms with Crippen molar-refractivity contribution in [2.45, 2.75) is 26.4 Å². The fraction of sp³-hybridized carbons (Fsp3) is 0.438. The monoisotopic (exact) mass is 289 g/mol. The van der Waals surface area contributed by atoms with Gasteiger partial charge < -0.3 is 19.4 Å². The van der Waals surface area contributed by atoms with Gasteiger partial charge in [0.2, 0.25) is 0 Å². The molecular weight excluding hydrogens is 266 g/mol. The van der Waals surface area contributed by atoms with Crippen LogP contribution in [0.5, 0.6) is 11.5 Å². The van der Waals surface area contributed by atoms with Crippen molar-refractivity contribution in [2.75, 3.05) is 20.3 Å². The zero-order valence-corrected chi connectivity index (χ0v) is 12.7. The Kier molecular flexibility index (Phi) is 6.09. The van der Waals surface area contributed by atoms with Crippen LogP contribution in [0.2, 0.25) is 0 Å². The molecule has 5 heteroatoms. The molecule has 0 aliphatic carbocycles. The first-order chi connectivity index (χ1) is 10.3. The Hall–Kier alpha value is -2.01. The molecule has 114 valence electrons. The van der Waals surface area contributed by atoms with E-state index >= 15 is 0 Å². The molecule has 0 aliphatic rings. The molecule has 0 saturated heterocycles. The Morgan fingerprint density at radius 3 is 2.81 bits per heavy atom. The summed E-state index contributed by atoms with van der Waals surface area (Å²) in [7, 11) is 1.65. The summed E-state index contributed by atoms with van der Waals surface area (Å²) in [5.41, 5.74) is 0. The number of rotatable bonds is 9. The average Bonchev–Trinajstić information content (AvgIpc) is 2.96. The van der Waals surface area contributed by atoms with Crippen molar-refractivity contribution < 1.29 is 9.47 Å². The van der Waals surface area contributed by atoms with Crippen molar-refractivity contribution in [1.29, 1.82) is 0 Å². The van der Waals surface area contributed by atoms with Gasteiger partial charge in [0.15, 0.2) is 11.5 Å². The number of nitrogens with one attached hydrogen (secondary N) is 1. The minimum absolute atomic E-state index is 0.581. The highest BCUT2D eigenvalue weighted by Gasteiger charge is 2.05. The summed E-state index contributed by atoms with van der Waals surface area (Å²) in [5, 5.41) is 3.36.